The van der Waals surface area contributed by atoms with Crippen molar-refractivity contribution in [3.63, 3.8) is 0 Å². The number of anilines is 1. The van der Waals surface area contributed by atoms with Gasteiger partial charge in [0.15, 0.2) is 6.29 Å². The molecule has 5 rings (SSSR count). The molecule has 0 spiro atoms. The van der Waals surface area contributed by atoms with E-state index in [-0.39, 0.29) is 12.1 Å². The van der Waals surface area contributed by atoms with Gasteiger partial charge in [0.25, 0.3) is 5.91 Å². The second-order valence-electron chi connectivity index (χ2n) is 11.0. The molecule has 1 unspecified atom stereocenters. The van der Waals surface area contributed by atoms with Crippen LogP contribution in [0, 0.1) is 17.2 Å². The number of nitrogens with one attached hydrogen (secondary N) is 2. The molecular weight excluding hydrogens is 568 g/mol. The van der Waals surface area contributed by atoms with Crippen LogP contribution in [0.15, 0.2) is 54.1 Å². The lowest BCUT2D eigenvalue weighted by Crippen LogP contribution is -2.56. The van der Waals surface area contributed by atoms with Crippen molar-refractivity contribution in [3.8, 4) is 16.5 Å². The molecule has 2 saturated heterocycles. The summed E-state index contributed by atoms with van der Waals surface area (Å²) in [7, 11) is 0. The second-order valence-corrected chi connectivity index (χ2v) is 12.1. The summed E-state index contributed by atoms with van der Waals surface area (Å²) in [6.07, 6.45) is -4.74. The molecule has 2 aromatic carbocycles. The Hall–Kier alpha value is -3.34. The first-order chi connectivity index (χ1) is 20.7. The number of fused-ring (bicyclic) bond motifs is 1. The molecule has 0 radical (unpaired) electrons. The molecule has 10 nitrogen and oxygen atoms in total. The number of benzene rings is 2. The highest BCUT2D eigenvalue weighted by atomic mass is 32.1. The van der Waals surface area contributed by atoms with E-state index in [1.165, 1.54) is 11.3 Å². The lowest BCUT2D eigenvalue weighted by molar-refractivity contribution is -0.258. The second kappa shape index (κ2) is 14.0. The summed E-state index contributed by atoms with van der Waals surface area (Å²) < 4.78 is 10.8. The summed E-state index contributed by atoms with van der Waals surface area (Å²) in [5.41, 5.74) is 2.60. The van der Waals surface area contributed by atoms with E-state index in [1.807, 2.05) is 18.2 Å². The van der Waals surface area contributed by atoms with Crippen LogP contribution < -0.4 is 10.6 Å². The molecular formula is C32H38N4O6S. The molecule has 1 aromatic heterocycles. The first kappa shape index (κ1) is 31.1. The van der Waals surface area contributed by atoms with Gasteiger partial charge >= 0.3 is 0 Å². The number of ether oxygens (including phenoxy) is 2. The van der Waals surface area contributed by atoms with Gasteiger partial charge in [0.05, 0.1) is 19.3 Å². The third-order valence-electron chi connectivity index (χ3n) is 8.17. The van der Waals surface area contributed by atoms with Crippen LogP contribution in [0.1, 0.15) is 18.7 Å². The van der Waals surface area contributed by atoms with Gasteiger partial charge in [-0.25, -0.2) is 0 Å². The van der Waals surface area contributed by atoms with Crippen molar-refractivity contribution in [3.05, 3.63) is 59.0 Å². The smallest absolute Gasteiger partial charge is 0.262 e. The normalized spacial score (nSPS) is 25.2. The van der Waals surface area contributed by atoms with Crippen molar-refractivity contribution in [1.29, 1.82) is 5.26 Å². The molecule has 1 amide bonds. The number of aliphatic hydroxyl groups is 3. The van der Waals surface area contributed by atoms with Crippen LogP contribution in [0.25, 0.3) is 26.8 Å². The zero-order valence-corrected chi connectivity index (χ0v) is 25.1. The van der Waals surface area contributed by atoms with Gasteiger partial charge in [-0.2, -0.15) is 5.26 Å². The number of carbonyl (C=O) groups excluding carboxylic acids is 1. The van der Waals surface area contributed by atoms with Gasteiger partial charge in [-0.05, 0) is 59.2 Å². The van der Waals surface area contributed by atoms with Crippen LogP contribution in [-0.4, -0.2) is 96.7 Å². The zero-order chi connectivity index (χ0) is 30.5. The molecule has 228 valence electrons. The first-order valence-corrected chi connectivity index (χ1v) is 15.3. The number of morpholine rings is 1. The third-order valence-corrected chi connectivity index (χ3v) is 9.43. The van der Waals surface area contributed by atoms with Crippen LogP contribution in [-0.2, 0) is 14.3 Å². The van der Waals surface area contributed by atoms with Gasteiger partial charge in [0.1, 0.15) is 23.9 Å². The summed E-state index contributed by atoms with van der Waals surface area (Å²) in [5.74, 6) is -1.28. The van der Waals surface area contributed by atoms with Crippen molar-refractivity contribution in [1.82, 2.24) is 10.2 Å². The zero-order valence-electron chi connectivity index (χ0n) is 24.3. The van der Waals surface area contributed by atoms with Gasteiger partial charge in [0.2, 0.25) is 0 Å². The van der Waals surface area contributed by atoms with Gasteiger partial charge in [0, 0.05) is 54.1 Å². The average Bonchev–Trinajstić information content (AvgIpc) is 3.52. The van der Waals surface area contributed by atoms with E-state index in [4.69, 9.17) is 9.47 Å². The number of hydrogen-bond acceptors (Lipinski definition) is 10. The number of hydrogen-bond donors (Lipinski definition) is 5. The summed E-state index contributed by atoms with van der Waals surface area (Å²) in [6, 6.07) is 18.5. The molecule has 3 aromatic rings. The number of carbonyl (C=O) groups is 1. The minimum Gasteiger partial charge on any atom is -0.390 e. The van der Waals surface area contributed by atoms with E-state index < -0.39 is 36.4 Å². The van der Waals surface area contributed by atoms with Crippen LogP contribution in [0.2, 0.25) is 0 Å². The molecule has 5 atom stereocenters. The molecule has 2 aliphatic heterocycles. The van der Waals surface area contributed by atoms with Gasteiger partial charge < -0.3 is 35.4 Å². The highest BCUT2D eigenvalue weighted by Crippen LogP contribution is 2.35. The fraction of sp³-hybridized carbons (Fsp3) is 0.438. The van der Waals surface area contributed by atoms with Crippen molar-refractivity contribution in [2.24, 2.45) is 5.92 Å². The Labute approximate surface area is 255 Å². The maximum atomic E-state index is 12.9. The Morgan fingerprint density at radius 2 is 1.81 bits per heavy atom. The topological polar surface area (TPSA) is 147 Å². The van der Waals surface area contributed by atoms with Crippen molar-refractivity contribution in [2.75, 3.05) is 51.3 Å². The van der Waals surface area contributed by atoms with Crippen molar-refractivity contribution >= 4 is 39.3 Å². The molecule has 0 saturated carbocycles. The molecule has 2 aliphatic rings. The minimum atomic E-state index is -1.28. The monoisotopic (exact) mass is 606 g/mol. The number of allylic oxidation sites excluding steroid dienone is 1. The van der Waals surface area contributed by atoms with Gasteiger partial charge in [-0.15, -0.1) is 11.3 Å². The Morgan fingerprint density at radius 3 is 2.58 bits per heavy atom. The molecule has 2 fully saturated rings. The Kier molecular flexibility index (Phi) is 10.1. The Morgan fingerprint density at radius 1 is 1.07 bits per heavy atom. The van der Waals surface area contributed by atoms with E-state index in [9.17, 15) is 25.4 Å². The quantitative estimate of drug-likeness (QED) is 0.183. The Bertz CT molecular complexity index is 1510. The molecule has 43 heavy (non-hydrogen) atoms. The fourth-order valence-corrected chi connectivity index (χ4v) is 6.36. The number of rotatable bonds is 9. The van der Waals surface area contributed by atoms with Crippen LogP contribution in [0.5, 0.6) is 0 Å². The van der Waals surface area contributed by atoms with Gasteiger partial charge in [-0.3, -0.25) is 9.69 Å². The summed E-state index contributed by atoms with van der Waals surface area (Å²) in [4.78, 5) is 17.1. The SMILES string of the molecule is C/C(=C(/C#N)C(=O)NC[C@H]1OC(O)[C@H](C)[C@@H](O)[C@@H]1O)c1ccc(-c2ccc3cc(NCCN4CCOCC4)ccc3c2)s1. The number of aliphatic hydroxyl groups excluding tert-OH is 3. The lowest BCUT2D eigenvalue weighted by Gasteiger charge is -2.39. The highest BCUT2D eigenvalue weighted by Gasteiger charge is 2.41. The van der Waals surface area contributed by atoms with Crippen LogP contribution >= 0.6 is 11.3 Å². The van der Waals surface area contributed by atoms with Crippen molar-refractivity contribution in [2.45, 2.75) is 38.4 Å². The predicted molar refractivity (Wildman–Crippen MR) is 166 cm³/mol. The number of thiophene rings is 1. The molecule has 0 bridgehead atoms. The Balaban J connectivity index is 1.23. The largest absolute Gasteiger partial charge is 0.390 e. The predicted octanol–water partition coefficient (Wildman–Crippen LogP) is 2.80. The van der Waals surface area contributed by atoms with Crippen LogP contribution in [0.3, 0.4) is 0 Å². The third kappa shape index (κ3) is 7.25. The molecule has 11 heteroatoms. The highest BCUT2D eigenvalue weighted by molar-refractivity contribution is 7.16. The lowest BCUT2D eigenvalue weighted by atomic mass is 9.92. The number of nitriles is 1. The van der Waals surface area contributed by atoms with Crippen molar-refractivity contribution < 1.29 is 29.6 Å². The van der Waals surface area contributed by atoms with Crippen LogP contribution in [0.4, 0.5) is 5.69 Å². The standard InChI is InChI=1S/C32H38N4O6S/c1-19(25(17-33)31(39)35-18-26-30(38)29(37)20(2)32(40)42-26)27-7-8-28(43-27)23-4-3-22-16-24(6-5-21(22)15-23)34-9-10-36-11-13-41-14-12-36/h3-8,15-16,20,26,29-30,32,34,37-38,40H,9-14,18H2,1-2H3,(H,35,39)/b25-19+/t20-,26-,29-,30-,32?/m1/s1. The maximum absolute atomic E-state index is 12.9. The molecule has 5 N–H and O–H groups in total. The van der Waals surface area contributed by atoms with Gasteiger partial charge in [-0.1, -0.05) is 25.1 Å². The summed E-state index contributed by atoms with van der Waals surface area (Å²) >= 11 is 1.49. The fourth-order valence-electron chi connectivity index (χ4n) is 5.35. The number of amides is 1. The van der Waals surface area contributed by atoms with E-state index in [1.54, 1.807) is 13.8 Å². The average molecular weight is 607 g/mol. The number of nitrogens with zero attached hydrogens (tertiary/aromatic N) is 2. The summed E-state index contributed by atoms with van der Waals surface area (Å²) in [6.45, 7) is 8.53. The van der Waals surface area contributed by atoms with E-state index in [0.717, 1.165) is 71.2 Å². The van der Waals surface area contributed by atoms with E-state index >= 15 is 0 Å². The van der Waals surface area contributed by atoms with E-state index in [2.05, 4.69) is 51.9 Å². The molecule has 0 aliphatic carbocycles. The molecule has 3 heterocycles. The maximum Gasteiger partial charge on any atom is 0.262 e. The minimum absolute atomic E-state index is 0.0553. The first-order valence-electron chi connectivity index (χ1n) is 14.5. The van der Waals surface area contributed by atoms with E-state index in [0.29, 0.717) is 5.57 Å². The summed E-state index contributed by atoms with van der Waals surface area (Å²) in [5, 5.41) is 48.5.